The second kappa shape index (κ2) is 7.05. The molecule has 3 rings (SSSR count). The predicted octanol–water partition coefficient (Wildman–Crippen LogP) is 4.77. The van der Waals surface area contributed by atoms with E-state index in [2.05, 4.69) is 17.1 Å². The molecule has 1 heterocycles. The van der Waals surface area contributed by atoms with Gasteiger partial charge in [-0.15, -0.1) is 0 Å². The van der Waals surface area contributed by atoms with Crippen LogP contribution >= 0.6 is 0 Å². The van der Waals surface area contributed by atoms with E-state index in [1.54, 1.807) is 19.2 Å². The Labute approximate surface area is 145 Å². The first-order valence-corrected chi connectivity index (χ1v) is 7.77. The highest BCUT2D eigenvalue weighted by atomic mass is 16.5. The van der Waals surface area contributed by atoms with Gasteiger partial charge in [0.2, 0.25) is 0 Å². The fourth-order valence-corrected chi connectivity index (χ4v) is 2.55. The van der Waals surface area contributed by atoms with Crippen LogP contribution in [0.25, 0.3) is 11.3 Å². The van der Waals surface area contributed by atoms with E-state index in [0.717, 1.165) is 22.8 Å². The number of benzene rings is 2. The van der Waals surface area contributed by atoms with Crippen molar-refractivity contribution in [3.63, 3.8) is 0 Å². The lowest BCUT2D eigenvalue weighted by atomic mass is 9.99. The van der Waals surface area contributed by atoms with E-state index in [9.17, 15) is 4.79 Å². The number of aromatic nitrogens is 1. The van der Waals surface area contributed by atoms with Crippen LogP contribution in [0, 0.1) is 6.92 Å². The Bertz CT molecular complexity index is 911. The van der Waals surface area contributed by atoms with Gasteiger partial charge in [-0.2, -0.15) is 0 Å². The molecule has 0 amide bonds. The Balaban J connectivity index is 2.08. The Morgan fingerprint density at radius 2 is 2.00 bits per heavy atom. The normalized spacial score (nSPS) is 10.3. The monoisotopic (exact) mass is 334 g/mol. The van der Waals surface area contributed by atoms with Crippen LogP contribution in [0.3, 0.4) is 0 Å². The van der Waals surface area contributed by atoms with E-state index in [0.29, 0.717) is 16.9 Å². The van der Waals surface area contributed by atoms with Gasteiger partial charge in [0.05, 0.1) is 24.1 Å². The molecular formula is C20H18N2O3. The number of nitrogens with one attached hydrogen (secondary N) is 1. The van der Waals surface area contributed by atoms with Gasteiger partial charge in [-0.3, -0.25) is 4.79 Å². The molecule has 5 heteroatoms. The highest BCUT2D eigenvalue weighted by molar-refractivity contribution is 6.10. The number of anilines is 2. The van der Waals surface area contributed by atoms with Gasteiger partial charge in [0, 0.05) is 17.3 Å². The SMILES string of the molecule is C=CC(=O)c1cccc(Nc2ccc(OC)cc2)c1-c1cc(C)no1. The molecule has 0 atom stereocenters. The lowest BCUT2D eigenvalue weighted by Crippen LogP contribution is -2.01. The summed E-state index contributed by atoms with van der Waals surface area (Å²) < 4.78 is 10.6. The number of carbonyl (C=O) groups excluding carboxylic acids is 1. The highest BCUT2D eigenvalue weighted by Crippen LogP contribution is 2.34. The zero-order chi connectivity index (χ0) is 17.8. The summed E-state index contributed by atoms with van der Waals surface area (Å²) in [6.45, 7) is 5.41. The zero-order valence-corrected chi connectivity index (χ0v) is 14.1. The van der Waals surface area contributed by atoms with Gasteiger partial charge in [0.1, 0.15) is 5.75 Å². The number of rotatable bonds is 6. The fourth-order valence-electron chi connectivity index (χ4n) is 2.55. The van der Waals surface area contributed by atoms with E-state index in [1.165, 1.54) is 6.08 Å². The molecule has 0 saturated carbocycles. The quantitative estimate of drug-likeness (QED) is 0.519. The van der Waals surface area contributed by atoms with E-state index in [1.807, 2.05) is 43.3 Å². The summed E-state index contributed by atoms with van der Waals surface area (Å²) in [7, 11) is 1.62. The van der Waals surface area contributed by atoms with Crippen LogP contribution in [-0.2, 0) is 0 Å². The first kappa shape index (κ1) is 16.5. The van der Waals surface area contributed by atoms with Gasteiger partial charge < -0.3 is 14.6 Å². The Hall–Kier alpha value is -3.34. The van der Waals surface area contributed by atoms with Crippen LogP contribution in [-0.4, -0.2) is 18.0 Å². The fraction of sp³-hybridized carbons (Fsp3) is 0.100. The number of ether oxygens (including phenoxy) is 1. The van der Waals surface area contributed by atoms with E-state index < -0.39 is 0 Å². The summed E-state index contributed by atoms with van der Waals surface area (Å²) in [5.74, 6) is 1.12. The van der Waals surface area contributed by atoms with Crippen molar-refractivity contribution >= 4 is 17.2 Å². The zero-order valence-electron chi connectivity index (χ0n) is 14.1. The summed E-state index contributed by atoms with van der Waals surface area (Å²) in [5.41, 5.74) is 3.51. The molecular weight excluding hydrogens is 316 g/mol. The topological polar surface area (TPSA) is 64.4 Å². The molecule has 0 aliphatic rings. The van der Waals surface area contributed by atoms with Crippen LogP contribution in [0.2, 0.25) is 0 Å². The van der Waals surface area contributed by atoms with Crippen molar-refractivity contribution in [2.45, 2.75) is 6.92 Å². The van der Waals surface area contributed by atoms with Crippen molar-refractivity contribution in [3.8, 4) is 17.1 Å². The molecule has 0 bridgehead atoms. The molecule has 0 aliphatic heterocycles. The van der Waals surface area contributed by atoms with Crippen LogP contribution in [0.1, 0.15) is 16.1 Å². The van der Waals surface area contributed by atoms with Gasteiger partial charge in [0.15, 0.2) is 11.5 Å². The maximum Gasteiger partial charge on any atom is 0.186 e. The minimum absolute atomic E-state index is 0.178. The molecule has 1 aromatic heterocycles. The molecule has 0 aliphatic carbocycles. The van der Waals surface area contributed by atoms with Crippen LogP contribution in [0.4, 0.5) is 11.4 Å². The number of ketones is 1. The van der Waals surface area contributed by atoms with E-state index >= 15 is 0 Å². The third kappa shape index (κ3) is 3.45. The maximum absolute atomic E-state index is 12.3. The lowest BCUT2D eigenvalue weighted by molar-refractivity contribution is 0.104. The van der Waals surface area contributed by atoms with Crippen LogP contribution < -0.4 is 10.1 Å². The molecule has 2 aromatic carbocycles. The van der Waals surface area contributed by atoms with Crippen molar-refractivity contribution in [2.24, 2.45) is 0 Å². The summed E-state index contributed by atoms with van der Waals surface area (Å²) >= 11 is 0. The Morgan fingerprint density at radius 1 is 1.24 bits per heavy atom. The van der Waals surface area contributed by atoms with E-state index in [-0.39, 0.29) is 5.78 Å². The first-order valence-electron chi connectivity index (χ1n) is 7.77. The van der Waals surface area contributed by atoms with Crippen LogP contribution in [0.15, 0.2) is 65.7 Å². The third-order valence-corrected chi connectivity index (χ3v) is 3.76. The smallest absolute Gasteiger partial charge is 0.186 e. The summed E-state index contributed by atoms with van der Waals surface area (Å²) in [4.78, 5) is 12.3. The first-order chi connectivity index (χ1) is 12.1. The molecule has 0 saturated heterocycles. The second-order valence-electron chi connectivity index (χ2n) is 5.48. The largest absolute Gasteiger partial charge is 0.497 e. The molecule has 5 nitrogen and oxygen atoms in total. The molecule has 0 radical (unpaired) electrons. The predicted molar refractivity (Wildman–Crippen MR) is 97.5 cm³/mol. The molecule has 1 N–H and O–H groups in total. The van der Waals surface area contributed by atoms with Crippen molar-refractivity contribution < 1.29 is 14.1 Å². The second-order valence-corrected chi connectivity index (χ2v) is 5.48. The number of hydrogen-bond acceptors (Lipinski definition) is 5. The molecule has 25 heavy (non-hydrogen) atoms. The number of methoxy groups -OCH3 is 1. The molecule has 0 unspecified atom stereocenters. The average molecular weight is 334 g/mol. The highest BCUT2D eigenvalue weighted by Gasteiger charge is 2.18. The number of carbonyl (C=O) groups is 1. The molecule has 0 spiro atoms. The number of nitrogens with zero attached hydrogens (tertiary/aromatic N) is 1. The van der Waals surface area contributed by atoms with Crippen molar-refractivity contribution in [2.75, 3.05) is 12.4 Å². The van der Waals surface area contributed by atoms with E-state index in [4.69, 9.17) is 9.26 Å². The van der Waals surface area contributed by atoms with Crippen LogP contribution in [0.5, 0.6) is 5.75 Å². The maximum atomic E-state index is 12.3. The van der Waals surface area contributed by atoms with Gasteiger partial charge in [0.25, 0.3) is 0 Å². The standard InChI is InChI=1S/C20H18N2O3/c1-4-18(23)16-6-5-7-17(20(16)19-12-13(2)22-25-19)21-14-8-10-15(24-3)11-9-14/h4-12,21H,1H2,2-3H3. The summed E-state index contributed by atoms with van der Waals surface area (Å²) in [6, 6.07) is 14.8. The Morgan fingerprint density at radius 3 is 2.60 bits per heavy atom. The average Bonchev–Trinajstić information content (AvgIpc) is 3.07. The third-order valence-electron chi connectivity index (χ3n) is 3.76. The van der Waals surface area contributed by atoms with Gasteiger partial charge in [-0.05, 0) is 43.3 Å². The lowest BCUT2D eigenvalue weighted by Gasteiger charge is -2.13. The molecule has 0 fully saturated rings. The van der Waals surface area contributed by atoms with Gasteiger partial charge >= 0.3 is 0 Å². The number of aryl methyl sites for hydroxylation is 1. The van der Waals surface area contributed by atoms with Gasteiger partial charge in [-0.25, -0.2) is 0 Å². The minimum Gasteiger partial charge on any atom is -0.497 e. The summed E-state index contributed by atoms with van der Waals surface area (Å²) in [6.07, 6.45) is 1.29. The Kier molecular flexibility index (Phi) is 4.66. The summed E-state index contributed by atoms with van der Waals surface area (Å²) in [5, 5.41) is 7.25. The number of hydrogen-bond donors (Lipinski definition) is 1. The molecule has 126 valence electrons. The molecule has 3 aromatic rings. The van der Waals surface area contributed by atoms with Crippen molar-refractivity contribution in [1.82, 2.24) is 5.16 Å². The van der Waals surface area contributed by atoms with Gasteiger partial charge in [-0.1, -0.05) is 23.9 Å². The minimum atomic E-state index is -0.178. The van der Waals surface area contributed by atoms with Crippen molar-refractivity contribution in [3.05, 3.63) is 72.4 Å². The van der Waals surface area contributed by atoms with Crippen molar-refractivity contribution in [1.29, 1.82) is 0 Å². The number of allylic oxidation sites excluding steroid dienone is 1.